The fourth-order valence-electron chi connectivity index (χ4n) is 2.34. The zero-order valence-electron chi connectivity index (χ0n) is 14.3. The van der Waals surface area contributed by atoms with Crippen LogP contribution in [0.4, 0.5) is 10.5 Å². The van der Waals surface area contributed by atoms with Crippen LogP contribution in [0.25, 0.3) is 0 Å². The highest BCUT2D eigenvalue weighted by Crippen LogP contribution is 2.13. The highest BCUT2D eigenvalue weighted by molar-refractivity contribution is 5.81. The normalized spacial score (nSPS) is 11.4. The van der Waals surface area contributed by atoms with Crippen LogP contribution in [-0.2, 0) is 27.3 Å². The summed E-state index contributed by atoms with van der Waals surface area (Å²) in [4.78, 5) is 25.7. The minimum atomic E-state index is -0.781. The van der Waals surface area contributed by atoms with Gasteiger partial charge in [-0.1, -0.05) is 42.5 Å². The summed E-state index contributed by atoms with van der Waals surface area (Å²) in [6.45, 7) is 0.139. The monoisotopic (exact) mass is 342 g/mol. The van der Waals surface area contributed by atoms with Crippen LogP contribution in [0.3, 0.4) is 0 Å². The Labute approximate surface area is 147 Å². The third-order valence-corrected chi connectivity index (χ3v) is 3.84. The lowest BCUT2D eigenvalue weighted by atomic mass is 10.0. The van der Waals surface area contributed by atoms with Gasteiger partial charge in [0.25, 0.3) is 0 Å². The van der Waals surface area contributed by atoms with E-state index in [1.807, 2.05) is 42.5 Å². The molecule has 25 heavy (non-hydrogen) atoms. The largest absolute Gasteiger partial charge is 0.467 e. The van der Waals surface area contributed by atoms with Crippen molar-refractivity contribution in [3.8, 4) is 0 Å². The second kappa shape index (κ2) is 8.73. The van der Waals surface area contributed by atoms with Crippen LogP contribution in [0.5, 0.6) is 0 Å². The molecule has 2 aromatic rings. The smallest absolute Gasteiger partial charge is 0.410 e. The molecule has 2 N–H and O–H groups in total. The summed E-state index contributed by atoms with van der Waals surface area (Å²) >= 11 is 0. The molecular formula is C19H22N2O4. The molecule has 6 nitrogen and oxygen atoms in total. The van der Waals surface area contributed by atoms with Crippen LogP contribution in [0.2, 0.25) is 0 Å². The number of hydrogen-bond donors (Lipinski definition) is 1. The number of amides is 1. The molecule has 1 amide bonds. The average Bonchev–Trinajstić information content (AvgIpc) is 2.65. The molecule has 0 saturated heterocycles. The topological polar surface area (TPSA) is 81.9 Å². The number of esters is 1. The number of hydrogen-bond acceptors (Lipinski definition) is 5. The molecule has 0 fully saturated rings. The highest BCUT2D eigenvalue weighted by Gasteiger charge is 2.29. The lowest BCUT2D eigenvalue weighted by Crippen LogP contribution is -2.44. The minimum absolute atomic E-state index is 0.139. The van der Waals surface area contributed by atoms with E-state index in [-0.39, 0.29) is 6.61 Å². The molecule has 2 aromatic carbocycles. The zero-order chi connectivity index (χ0) is 18.2. The van der Waals surface area contributed by atoms with E-state index in [1.54, 1.807) is 12.1 Å². The Morgan fingerprint density at radius 2 is 1.68 bits per heavy atom. The van der Waals surface area contributed by atoms with Gasteiger partial charge in [-0.25, -0.2) is 9.59 Å². The second-order valence-electron chi connectivity index (χ2n) is 5.64. The highest BCUT2D eigenvalue weighted by atomic mass is 16.6. The number of likely N-dealkylation sites (N-methyl/N-ethyl adjacent to an activating group) is 1. The number of methoxy groups -OCH3 is 1. The van der Waals surface area contributed by atoms with Crippen molar-refractivity contribution in [1.82, 2.24) is 4.90 Å². The molecule has 6 heteroatoms. The second-order valence-corrected chi connectivity index (χ2v) is 5.64. The first-order chi connectivity index (χ1) is 12.0. The molecule has 1 atom stereocenters. The van der Waals surface area contributed by atoms with E-state index >= 15 is 0 Å². The molecule has 2 rings (SSSR count). The molecule has 0 radical (unpaired) electrons. The molecule has 0 heterocycles. The van der Waals surface area contributed by atoms with Gasteiger partial charge in [0, 0.05) is 19.2 Å². The molecule has 0 aliphatic carbocycles. The van der Waals surface area contributed by atoms with Gasteiger partial charge in [-0.05, 0) is 23.3 Å². The molecule has 0 aromatic heterocycles. The summed E-state index contributed by atoms with van der Waals surface area (Å²) in [7, 11) is 2.81. The summed E-state index contributed by atoms with van der Waals surface area (Å²) in [5, 5.41) is 0. The number of nitrogen functional groups attached to an aromatic ring is 1. The molecule has 132 valence electrons. The van der Waals surface area contributed by atoms with E-state index in [9.17, 15) is 9.59 Å². The van der Waals surface area contributed by atoms with Gasteiger partial charge in [0.1, 0.15) is 12.6 Å². The van der Waals surface area contributed by atoms with E-state index < -0.39 is 18.1 Å². The number of nitrogens with zero attached hydrogens (tertiary/aromatic N) is 1. The van der Waals surface area contributed by atoms with E-state index in [0.717, 1.165) is 11.1 Å². The molecule has 0 saturated carbocycles. The first-order valence-electron chi connectivity index (χ1n) is 7.87. The van der Waals surface area contributed by atoms with Crippen LogP contribution >= 0.6 is 0 Å². The number of anilines is 1. The number of carbonyl (C=O) groups is 2. The maximum atomic E-state index is 12.3. The Balaban J connectivity index is 2.03. The number of rotatable bonds is 6. The predicted octanol–water partition coefficient (Wildman–Crippen LogP) is 2.62. The number of benzene rings is 2. The SMILES string of the molecule is COC(=O)[C@H](Cc1ccc(N)cc1)N(C)C(=O)OCc1ccccc1. The van der Waals surface area contributed by atoms with Crippen molar-refractivity contribution < 1.29 is 19.1 Å². The van der Waals surface area contributed by atoms with Crippen LogP contribution < -0.4 is 5.73 Å². The standard InChI is InChI=1S/C19H22N2O4/c1-21(19(23)25-13-15-6-4-3-5-7-15)17(18(22)24-2)12-14-8-10-16(20)11-9-14/h3-11,17H,12-13,20H2,1-2H3/t17-/m0/s1. The maximum absolute atomic E-state index is 12.3. The molecule has 0 aliphatic rings. The molecular weight excluding hydrogens is 320 g/mol. The van der Waals surface area contributed by atoms with Crippen molar-refractivity contribution in [2.45, 2.75) is 19.1 Å². The Bertz CT molecular complexity index is 701. The fourth-order valence-corrected chi connectivity index (χ4v) is 2.34. The Morgan fingerprint density at radius 1 is 1.04 bits per heavy atom. The van der Waals surface area contributed by atoms with Gasteiger partial charge in [0.15, 0.2) is 0 Å². The van der Waals surface area contributed by atoms with Gasteiger partial charge < -0.3 is 15.2 Å². The van der Waals surface area contributed by atoms with Gasteiger partial charge in [-0.15, -0.1) is 0 Å². The van der Waals surface area contributed by atoms with Gasteiger partial charge in [-0.2, -0.15) is 0 Å². The van der Waals surface area contributed by atoms with Crippen molar-refractivity contribution in [3.63, 3.8) is 0 Å². The van der Waals surface area contributed by atoms with E-state index in [0.29, 0.717) is 12.1 Å². The number of ether oxygens (including phenoxy) is 2. The van der Waals surface area contributed by atoms with Crippen molar-refractivity contribution in [1.29, 1.82) is 0 Å². The van der Waals surface area contributed by atoms with E-state index in [1.165, 1.54) is 19.1 Å². The number of nitrogens with two attached hydrogens (primary N) is 1. The molecule has 0 aliphatic heterocycles. The van der Waals surface area contributed by atoms with E-state index in [2.05, 4.69) is 0 Å². The summed E-state index contributed by atoms with van der Waals surface area (Å²) < 4.78 is 10.1. The Hall–Kier alpha value is -3.02. The van der Waals surface area contributed by atoms with Crippen molar-refractivity contribution in [2.24, 2.45) is 0 Å². The quantitative estimate of drug-likeness (QED) is 0.644. The third kappa shape index (κ3) is 5.24. The first-order valence-corrected chi connectivity index (χ1v) is 7.87. The van der Waals surface area contributed by atoms with Gasteiger partial charge in [0.2, 0.25) is 0 Å². The predicted molar refractivity (Wildman–Crippen MR) is 94.8 cm³/mol. The molecule has 0 unspecified atom stereocenters. The van der Waals surface area contributed by atoms with Crippen LogP contribution in [0.1, 0.15) is 11.1 Å². The summed E-state index contributed by atoms with van der Waals surface area (Å²) in [6, 6.07) is 15.7. The summed E-state index contributed by atoms with van der Waals surface area (Å²) in [6.07, 6.45) is -0.279. The van der Waals surface area contributed by atoms with Crippen LogP contribution in [0.15, 0.2) is 54.6 Å². The molecule has 0 bridgehead atoms. The van der Waals surface area contributed by atoms with Crippen molar-refractivity contribution in [2.75, 3.05) is 19.9 Å². The lowest BCUT2D eigenvalue weighted by molar-refractivity contribution is -0.146. The first kappa shape index (κ1) is 18.3. The Kier molecular flexibility index (Phi) is 6.39. The average molecular weight is 342 g/mol. The maximum Gasteiger partial charge on any atom is 0.410 e. The third-order valence-electron chi connectivity index (χ3n) is 3.84. The van der Waals surface area contributed by atoms with Crippen molar-refractivity contribution in [3.05, 3.63) is 65.7 Å². The summed E-state index contributed by atoms with van der Waals surface area (Å²) in [5.74, 6) is -0.504. The number of carbonyl (C=O) groups excluding carboxylic acids is 2. The molecule has 0 spiro atoms. The Morgan fingerprint density at radius 3 is 2.28 bits per heavy atom. The lowest BCUT2D eigenvalue weighted by Gasteiger charge is -2.25. The van der Waals surface area contributed by atoms with Crippen molar-refractivity contribution >= 4 is 17.7 Å². The fraction of sp³-hybridized carbons (Fsp3) is 0.263. The zero-order valence-corrected chi connectivity index (χ0v) is 14.3. The van der Waals surface area contributed by atoms with Gasteiger partial charge in [-0.3, -0.25) is 4.90 Å². The minimum Gasteiger partial charge on any atom is -0.467 e. The van der Waals surface area contributed by atoms with Gasteiger partial charge in [0.05, 0.1) is 7.11 Å². The van der Waals surface area contributed by atoms with Crippen LogP contribution in [0, 0.1) is 0 Å². The van der Waals surface area contributed by atoms with Gasteiger partial charge >= 0.3 is 12.1 Å². The van der Waals surface area contributed by atoms with Crippen LogP contribution in [-0.4, -0.2) is 37.2 Å². The summed E-state index contributed by atoms with van der Waals surface area (Å²) in [5.41, 5.74) is 8.04. The van der Waals surface area contributed by atoms with E-state index in [4.69, 9.17) is 15.2 Å².